The quantitative estimate of drug-likeness (QED) is 0.834. The molecule has 3 amide bonds. The summed E-state index contributed by atoms with van der Waals surface area (Å²) >= 11 is 0. The summed E-state index contributed by atoms with van der Waals surface area (Å²) in [6.07, 6.45) is 1.72. The van der Waals surface area contributed by atoms with Gasteiger partial charge in [-0.05, 0) is 41.7 Å². The minimum absolute atomic E-state index is 0.123. The molecule has 0 spiro atoms. The van der Waals surface area contributed by atoms with Crippen LogP contribution >= 0.6 is 0 Å². The highest BCUT2D eigenvalue weighted by molar-refractivity contribution is 6.05. The average Bonchev–Trinajstić information content (AvgIpc) is 3.23. The van der Waals surface area contributed by atoms with Crippen molar-refractivity contribution in [2.45, 2.75) is 38.4 Å². The zero-order valence-corrected chi connectivity index (χ0v) is 15.5. The van der Waals surface area contributed by atoms with E-state index in [1.54, 1.807) is 4.90 Å². The van der Waals surface area contributed by atoms with Gasteiger partial charge in [0.05, 0.1) is 0 Å². The lowest BCUT2D eigenvalue weighted by molar-refractivity contribution is -0.136. The van der Waals surface area contributed by atoms with Gasteiger partial charge >= 0.3 is 0 Å². The van der Waals surface area contributed by atoms with E-state index in [-0.39, 0.29) is 24.1 Å². The summed E-state index contributed by atoms with van der Waals surface area (Å²) in [5, 5.41) is 2.34. The summed E-state index contributed by atoms with van der Waals surface area (Å²) in [6, 6.07) is 13.9. The van der Waals surface area contributed by atoms with Gasteiger partial charge in [0.1, 0.15) is 6.04 Å². The third-order valence-corrected chi connectivity index (χ3v) is 5.94. The van der Waals surface area contributed by atoms with Gasteiger partial charge in [-0.2, -0.15) is 0 Å². The van der Waals surface area contributed by atoms with Gasteiger partial charge in [-0.15, -0.1) is 0 Å². The van der Waals surface area contributed by atoms with Crippen LogP contribution < -0.4 is 10.2 Å². The van der Waals surface area contributed by atoms with Crippen molar-refractivity contribution in [3.8, 4) is 0 Å². The number of carbonyl (C=O) groups excluding carboxylic acids is 3. The van der Waals surface area contributed by atoms with E-state index in [4.69, 9.17) is 0 Å². The number of piperidine rings is 1. The second-order valence-corrected chi connectivity index (χ2v) is 7.69. The average molecular weight is 375 g/mol. The molecule has 6 nitrogen and oxygen atoms in total. The van der Waals surface area contributed by atoms with E-state index in [0.29, 0.717) is 18.5 Å². The molecule has 2 aromatic rings. The smallest absolute Gasteiger partial charge is 0.255 e. The van der Waals surface area contributed by atoms with Crippen LogP contribution in [0.2, 0.25) is 0 Å². The highest BCUT2D eigenvalue weighted by atomic mass is 16.2. The molecule has 5 rings (SSSR count). The number of nitrogens with one attached hydrogen (secondary N) is 1. The number of anilines is 1. The van der Waals surface area contributed by atoms with Crippen LogP contribution in [0.1, 0.15) is 39.9 Å². The van der Waals surface area contributed by atoms with Crippen molar-refractivity contribution in [3.63, 3.8) is 0 Å². The summed E-state index contributed by atoms with van der Waals surface area (Å²) in [5.41, 5.74) is 5.44. The Morgan fingerprint density at radius 2 is 1.86 bits per heavy atom. The van der Waals surface area contributed by atoms with Crippen molar-refractivity contribution < 1.29 is 14.4 Å². The van der Waals surface area contributed by atoms with Crippen molar-refractivity contribution in [3.05, 3.63) is 64.7 Å². The van der Waals surface area contributed by atoms with Crippen molar-refractivity contribution in [2.75, 3.05) is 11.4 Å². The van der Waals surface area contributed by atoms with Gasteiger partial charge in [0.15, 0.2) is 0 Å². The fourth-order valence-corrected chi connectivity index (χ4v) is 4.52. The number of hydrogen-bond donors (Lipinski definition) is 1. The first-order valence-corrected chi connectivity index (χ1v) is 9.69. The Labute approximate surface area is 163 Å². The normalized spacial score (nSPS) is 21.0. The number of imide groups is 1. The molecule has 3 heterocycles. The number of hydrogen-bond acceptors (Lipinski definition) is 4. The van der Waals surface area contributed by atoms with Crippen LogP contribution in [0.3, 0.4) is 0 Å². The molecule has 1 fully saturated rings. The molecular formula is C22H21N3O3. The summed E-state index contributed by atoms with van der Waals surface area (Å²) < 4.78 is 0. The van der Waals surface area contributed by atoms with Crippen molar-refractivity contribution >= 4 is 23.4 Å². The number of benzene rings is 2. The minimum atomic E-state index is -0.563. The Bertz CT molecular complexity index is 1000. The lowest BCUT2D eigenvalue weighted by atomic mass is 10.0. The molecule has 142 valence electrons. The predicted octanol–water partition coefficient (Wildman–Crippen LogP) is 2.01. The highest BCUT2D eigenvalue weighted by Gasteiger charge is 2.39. The molecule has 6 heteroatoms. The van der Waals surface area contributed by atoms with Gasteiger partial charge in [-0.3, -0.25) is 19.7 Å². The summed E-state index contributed by atoms with van der Waals surface area (Å²) in [5.74, 6) is -0.757. The number of nitrogens with zero attached hydrogens (tertiary/aromatic N) is 2. The Hall–Kier alpha value is -3.15. The molecule has 3 aliphatic heterocycles. The third kappa shape index (κ3) is 2.76. The van der Waals surface area contributed by atoms with Gasteiger partial charge in [0, 0.05) is 37.3 Å². The Morgan fingerprint density at radius 1 is 1.00 bits per heavy atom. The minimum Gasteiger partial charge on any atom is -0.367 e. The topological polar surface area (TPSA) is 69.7 Å². The van der Waals surface area contributed by atoms with Crippen LogP contribution in [-0.4, -0.2) is 35.2 Å². The highest BCUT2D eigenvalue weighted by Crippen LogP contribution is 2.31. The molecule has 1 N–H and O–H groups in total. The molecule has 1 saturated heterocycles. The zero-order chi connectivity index (χ0) is 19.3. The molecule has 0 radical (unpaired) electrons. The first-order valence-electron chi connectivity index (χ1n) is 9.69. The maximum Gasteiger partial charge on any atom is 0.255 e. The molecule has 3 aliphatic rings. The van der Waals surface area contributed by atoms with Crippen molar-refractivity contribution in [2.24, 2.45) is 0 Å². The van der Waals surface area contributed by atoms with Gasteiger partial charge in [-0.25, -0.2) is 0 Å². The maximum absolute atomic E-state index is 12.8. The first kappa shape index (κ1) is 17.0. The number of rotatable bonds is 3. The molecule has 0 bridgehead atoms. The van der Waals surface area contributed by atoms with Crippen molar-refractivity contribution in [1.82, 2.24) is 10.2 Å². The zero-order valence-electron chi connectivity index (χ0n) is 15.5. The standard InChI is InChI=1S/C22H21N3O3/c26-20-8-7-19(21(27)23-20)25-13-16-11-14(5-6-17(16)22(25)28)12-24-10-9-15-3-1-2-4-18(15)24/h1-6,11,19H,7-10,12-13H2,(H,23,26,27). The predicted molar refractivity (Wildman–Crippen MR) is 104 cm³/mol. The van der Waals surface area contributed by atoms with Gasteiger partial charge in [-0.1, -0.05) is 30.3 Å². The summed E-state index contributed by atoms with van der Waals surface area (Å²) in [4.78, 5) is 40.3. The maximum atomic E-state index is 12.8. The van der Waals surface area contributed by atoms with E-state index >= 15 is 0 Å². The van der Waals surface area contributed by atoms with Gasteiger partial charge in [0.2, 0.25) is 11.8 Å². The number of amides is 3. The molecule has 0 aliphatic carbocycles. The Morgan fingerprint density at radius 3 is 2.71 bits per heavy atom. The second-order valence-electron chi connectivity index (χ2n) is 7.69. The van der Waals surface area contributed by atoms with E-state index in [2.05, 4.69) is 40.5 Å². The SMILES string of the molecule is O=C1CCC(N2Cc3cc(CN4CCc5ccccc54)ccc3C2=O)C(=O)N1. The van der Waals surface area contributed by atoms with Gasteiger partial charge < -0.3 is 9.80 Å². The number of fused-ring (bicyclic) bond motifs is 2. The molecule has 1 unspecified atom stereocenters. The van der Waals surface area contributed by atoms with E-state index in [9.17, 15) is 14.4 Å². The van der Waals surface area contributed by atoms with Crippen LogP contribution in [0.4, 0.5) is 5.69 Å². The van der Waals surface area contributed by atoms with Crippen LogP contribution in [0.5, 0.6) is 0 Å². The monoisotopic (exact) mass is 375 g/mol. The van der Waals surface area contributed by atoms with Gasteiger partial charge in [0.25, 0.3) is 5.91 Å². The number of carbonyl (C=O) groups is 3. The molecule has 1 atom stereocenters. The van der Waals surface area contributed by atoms with Crippen LogP contribution in [-0.2, 0) is 29.1 Å². The van der Waals surface area contributed by atoms with Crippen LogP contribution in [0.25, 0.3) is 0 Å². The lowest BCUT2D eigenvalue weighted by Gasteiger charge is -2.29. The molecule has 28 heavy (non-hydrogen) atoms. The Balaban J connectivity index is 1.35. The number of para-hydroxylation sites is 1. The van der Waals surface area contributed by atoms with E-state index in [1.807, 2.05) is 12.1 Å². The molecule has 0 aromatic heterocycles. The third-order valence-electron chi connectivity index (χ3n) is 5.94. The van der Waals surface area contributed by atoms with Crippen LogP contribution in [0, 0.1) is 0 Å². The second kappa shape index (κ2) is 6.48. The Kier molecular flexibility index (Phi) is 3.93. The largest absolute Gasteiger partial charge is 0.367 e. The fraction of sp³-hybridized carbons (Fsp3) is 0.318. The molecular weight excluding hydrogens is 354 g/mol. The van der Waals surface area contributed by atoms with E-state index < -0.39 is 6.04 Å². The van der Waals surface area contributed by atoms with E-state index in [1.165, 1.54) is 11.3 Å². The molecule has 0 saturated carbocycles. The lowest BCUT2D eigenvalue weighted by Crippen LogP contribution is -2.52. The summed E-state index contributed by atoms with van der Waals surface area (Å²) in [7, 11) is 0. The molecule has 2 aromatic carbocycles. The van der Waals surface area contributed by atoms with Crippen LogP contribution in [0.15, 0.2) is 42.5 Å². The first-order chi connectivity index (χ1) is 13.6. The van der Waals surface area contributed by atoms with E-state index in [0.717, 1.165) is 30.6 Å². The van der Waals surface area contributed by atoms with Crippen molar-refractivity contribution in [1.29, 1.82) is 0 Å². The fourth-order valence-electron chi connectivity index (χ4n) is 4.52. The summed E-state index contributed by atoms with van der Waals surface area (Å²) in [6.45, 7) is 2.22.